The van der Waals surface area contributed by atoms with E-state index in [0.717, 1.165) is 12.3 Å². The molecule has 0 amide bonds. The summed E-state index contributed by atoms with van der Waals surface area (Å²) in [4.78, 5) is 10.6. The van der Waals surface area contributed by atoms with E-state index in [0.29, 0.717) is 0 Å². The smallest absolute Gasteiger partial charge is 0.266 e. The van der Waals surface area contributed by atoms with E-state index in [4.69, 9.17) is 0 Å². The highest BCUT2D eigenvalue weighted by Crippen LogP contribution is 2.12. The first-order valence-electron chi connectivity index (χ1n) is 2.87. The number of hydrogen-bond acceptors (Lipinski definition) is 1. The summed E-state index contributed by atoms with van der Waals surface area (Å²) in [7, 11) is 0. The second kappa shape index (κ2) is 3.30. The van der Waals surface area contributed by atoms with E-state index in [-0.39, 0.29) is 9.04 Å². The first kappa shape index (κ1) is 9.31. The summed E-state index contributed by atoms with van der Waals surface area (Å²) in [6, 6.07) is 0.835. The van der Waals surface area contributed by atoms with Gasteiger partial charge < -0.3 is 0 Å². The number of rotatable bonds is 1. The third-order valence-electron chi connectivity index (χ3n) is 1.18. The van der Waals surface area contributed by atoms with Gasteiger partial charge in [-0.25, -0.2) is 4.39 Å². The monoisotopic (exact) mass is 241 g/mol. The lowest BCUT2D eigenvalue weighted by Crippen LogP contribution is -2.22. The van der Waals surface area contributed by atoms with E-state index in [1.807, 2.05) is 0 Å². The van der Waals surface area contributed by atoms with Gasteiger partial charge in [-0.15, -0.1) is 0 Å². The van der Waals surface area contributed by atoms with Crippen molar-refractivity contribution in [2.45, 2.75) is 6.55 Å². The van der Waals surface area contributed by atoms with Gasteiger partial charge in [0.1, 0.15) is 0 Å². The molecule has 12 heavy (non-hydrogen) atoms. The molecule has 0 N–H and O–H groups in total. The topological polar surface area (TPSA) is 22.0 Å². The van der Waals surface area contributed by atoms with E-state index in [1.54, 1.807) is 0 Å². The largest absolute Gasteiger partial charge is 0.321 e. The fraction of sp³-hybridized carbons (Fsp3) is 0.167. The van der Waals surface area contributed by atoms with Crippen molar-refractivity contribution in [2.75, 3.05) is 0 Å². The van der Waals surface area contributed by atoms with Crippen molar-refractivity contribution < 1.29 is 13.2 Å². The average molecular weight is 242 g/mol. The number of halogens is 4. The summed E-state index contributed by atoms with van der Waals surface area (Å²) >= 11 is 2.78. The van der Waals surface area contributed by atoms with Crippen LogP contribution in [-0.2, 0) is 0 Å². The lowest BCUT2D eigenvalue weighted by Gasteiger charge is -2.03. The summed E-state index contributed by atoms with van der Waals surface area (Å²) in [5.74, 6) is -1.20. The molecule has 0 aliphatic heterocycles. The van der Waals surface area contributed by atoms with Crippen LogP contribution in [0.2, 0.25) is 0 Å². The molecule has 1 aromatic rings. The fourth-order valence-electron chi connectivity index (χ4n) is 0.680. The molecule has 0 saturated carbocycles. The average Bonchev–Trinajstić information content (AvgIpc) is 1.96. The van der Waals surface area contributed by atoms with Gasteiger partial charge in [0.15, 0.2) is 5.82 Å². The van der Waals surface area contributed by atoms with Crippen molar-refractivity contribution in [3.8, 4) is 0 Å². The highest BCUT2D eigenvalue weighted by molar-refractivity contribution is 9.10. The molecule has 6 heteroatoms. The molecule has 0 fully saturated rings. The van der Waals surface area contributed by atoms with Crippen LogP contribution < -0.4 is 5.56 Å². The summed E-state index contributed by atoms with van der Waals surface area (Å²) in [6.07, 6.45) is 0.829. The Balaban J connectivity index is 3.38. The van der Waals surface area contributed by atoms with Gasteiger partial charge >= 0.3 is 6.55 Å². The maximum Gasteiger partial charge on any atom is 0.321 e. The first-order chi connectivity index (χ1) is 5.52. The zero-order chi connectivity index (χ0) is 9.30. The van der Waals surface area contributed by atoms with Gasteiger partial charge in [0.25, 0.3) is 5.56 Å². The first-order valence-corrected chi connectivity index (χ1v) is 3.67. The Hall–Kier alpha value is -0.780. The molecule has 0 radical (unpaired) electrons. The SMILES string of the molecule is O=c1c(F)cc(Br)cn1C(F)F. The van der Waals surface area contributed by atoms with Crippen LogP contribution in [0.1, 0.15) is 6.55 Å². The Labute approximate surface area is 73.8 Å². The lowest BCUT2D eigenvalue weighted by atomic mass is 10.4. The van der Waals surface area contributed by atoms with Gasteiger partial charge in [-0.3, -0.25) is 9.36 Å². The normalized spacial score (nSPS) is 10.8. The highest BCUT2D eigenvalue weighted by atomic mass is 79.9. The predicted molar refractivity (Wildman–Crippen MR) is 39.6 cm³/mol. The van der Waals surface area contributed by atoms with Crippen LogP contribution in [0.25, 0.3) is 0 Å². The van der Waals surface area contributed by atoms with Crippen molar-refractivity contribution in [1.82, 2.24) is 4.57 Å². The second-order valence-corrected chi connectivity index (χ2v) is 2.91. The molecule has 0 saturated heterocycles. The van der Waals surface area contributed by atoms with Crippen LogP contribution in [0.5, 0.6) is 0 Å². The summed E-state index contributed by atoms with van der Waals surface area (Å²) in [5, 5.41) is 0. The Bertz CT molecular complexity index is 349. The van der Waals surface area contributed by atoms with Crippen LogP contribution in [0, 0.1) is 5.82 Å². The molecule has 66 valence electrons. The Kier molecular flexibility index (Phi) is 2.56. The Morgan fingerprint density at radius 1 is 1.50 bits per heavy atom. The lowest BCUT2D eigenvalue weighted by molar-refractivity contribution is 0.0647. The van der Waals surface area contributed by atoms with Gasteiger partial charge in [0.2, 0.25) is 0 Å². The third kappa shape index (κ3) is 1.69. The number of aromatic nitrogens is 1. The molecule has 0 aliphatic carbocycles. The molecule has 0 atom stereocenters. The van der Waals surface area contributed by atoms with Gasteiger partial charge in [0, 0.05) is 10.7 Å². The highest BCUT2D eigenvalue weighted by Gasteiger charge is 2.11. The number of alkyl halides is 2. The van der Waals surface area contributed by atoms with Crippen molar-refractivity contribution in [1.29, 1.82) is 0 Å². The van der Waals surface area contributed by atoms with Crippen molar-refractivity contribution in [3.05, 3.63) is 32.9 Å². The van der Waals surface area contributed by atoms with Crippen molar-refractivity contribution >= 4 is 15.9 Å². The molecular weight excluding hydrogens is 239 g/mol. The maximum atomic E-state index is 12.5. The van der Waals surface area contributed by atoms with Crippen LogP contribution in [0.4, 0.5) is 13.2 Å². The van der Waals surface area contributed by atoms with Gasteiger partial charge in [0.05, 0.1) is 0 Å². The van der Waals surface area contributed by atoms with Crippen molar-refractivity contribution in [3.63, 3.8) is 0 Å². The standard InChI is InChI=1S/C6H3BrF3NO/c7-3-1-4(8)5(12)11(2-3)6(9)10/h1-2,6H. The Morgan fingerprint density at radius 2 is 2.08 bits per heavy atom. The molecule has 0 aliphatic rings. The number of hydrogen-bond donors (Lipinski definition) is 0. The minimum Gasteiger partial charge on any atom is -0.266 e. The quantitative estimate of drug-likeness (QED) is 0.739. The minimum atomic E-state index is -3.02. The fourth-order valence-corrected chi connectivity index (χ4v) is 1.10. The molecule has 0 aromatic carbocycles. The molecule has 1 rings (SSSR count). The molecule has 0 unspecified atom stereocenters. The van der Waals surface area contributed by atoms with Crippen LogP contribution in [0.15, 0.2) is 21.5 Å². The summed E-state index contributed by atoms with van der Waals surface area (Å²) < 4.78 is 36.5. The van der Waals surface area contributed by atoms with E-state index < -0.39 is 17.9 Å². The van der Waals surface area contributed by atoms with Crippen LogP contribution in [0.3, 0.4) is 0 Å². The second-order valence-electron chi connectivity index (χ2n) is 2.00. The van der Waals surface area contributed by atoms with E-state index in [2.05, 4.69) is 15.9 Å². The molecular formula is C6H3BrF3NO. The van der Waals surface area contributed by atoms with E-state index >= 15 is 0 Å². The van der Waals surface area contributed by atoms with Gasteiger partial charge in [-0.1, -0.05) is 0 Å². The molecule has 2 nitrogen and oxygen atoms in total. The summed E-state index contributed by atoms with van der Waals surface area (Å²) in [5.41, 5.74) is -1.33. The van der Waals surface area contributed by atoms with Gasteiger partial charge in [-0.05, 0) is 22.0 Å². The zero-order valence-electron chi connectivity index (χ0n) is 5.60. The molecule has 0 bridgehead atoms. The van der Waals surface area contributed by atoms with E-state index in [9.17, 15) is 18.0 Å². The molecule has 1 aromatic heterocycles. The van der Waals surface area contributed by atoms with Crippen molar-refractivity contribution in [2.24, 2.45) is 0 Å². The van der Waals surface area contributed by atoms with Crippen LogP contribution >= 0.6 is 15.9 Å². The zero-order valence-corrected chi connectivity index (χ0v) is 7.19. The molecule has 1 heterocycles. The van der Waals surface area contributed by atoms with E-state index in [1.165, 1.54) is 0 Å². The number of pyridine rings is 1. The minimum absolute atomic E-state index is 0.0133. The number of nitrogens with zero attached hydrogens (tertiary/aromatic N) is 1. The van der Waals surface area contributed by atoms with Gasteiger partial charge in [-0.2, -0.15) is 8.78 Å². The summed E-state index contributed by atoms with van der Waals surface area (Å²) in [6.45, 7) is -3.02. The maximum absolute atomic E-state index is 12.5. The third-order valence-corrected chi connectivity index (χ3v) is 1.61. The molecule has 0 spiro atoms. The van der Waals surface area contributed by atoms with Crippen LogP contribution in [-0.4, -0.2) is 4.57 Å². The Morgan fingerprint density at radius 3 is 2.58 bits per heavy atom. The predicted octanol–water partition coefficient (Wildman–Crippen LogP) is 2.14.